The number of amides is 1. The topological polar surface area (TPSA) is 55.1 Å². The summed E-state index contributed by atoms with van der Waals surface area (Å²) in [5, 5.41) is 2.89. The highest BCUT2D eigenvalue weighted by Gasteiger charge is 2.25. The van der Waals surface area contributed by atoms with Crippen molar-refractivity contribution in [1.29, 1.82) is 0 Å². The highest BCUT2D eigenvalue weighted by Crippen LogP contribution is 2.38. The number of carbonyl (C=O) groups is 1. The number of nitrogens with two attached hydrogens (primary N) is 1. The van der Waals surface area contributed by atoms with E-state index in [9.17, 15) is 4.79 Å². The van der Waals surface area contributed by atoms with Crippen molar-refractivity contribution in [3.05, 3.63) is 27.7 Å². The number of benzene rings is 1. The van der Waals surface area contributed by atoms with Gasteiger partial charge in [-0.15, -0.1) is 0 Å². The minimum Gasteiger partial charge on any atom is -0.330 e. The Labute approximate surface area is 97.2 Å². The van der Waals surface area contributed by atoms with Crippen LogP contribution in [0, 0.1) is 6.92 Å². The minimum absolute atomic E-state index is 0.0456. The molecule has 80 valence electrons. The maximum Gasteiger partial charge on any atom is 0.225 e. The molecular weight excluding hydrogens is 256 g/mol. The Bertz CT molecular complexity index is 417. The number of aryl methyl sites for hydroxylation is 1. The molecule has 0 saturated carbocycles. The van der Waals surface area contributed by atoms with Crippen LogP contribution in [0.5, 0.6) is 0 Å². The van der Waals surface area contributed by atoms with E-state index in [1.165, 1.54) is 0 Å². The van der Waals surface area contributed by atoms with Gasteiger partial charge in [0.2, 0.25) is 5.91 Å². The number of rotatable bonds is 1. The molecule has 1 unspecified atom stereocenters. The molecule has 0 fully saturated rings. The van der Waals surface area contributed by atoms with E-state index in [-0.39, 0.29) is 11.8 Å². The number of carbonyl (C=O) groups excluding carboxylic acids is 1. The van der Waals surface area contributed by atoms with Gasteiger partial charge in [0, 0.05) is 16.8 Å². The number of hydrogen-bond donors (Lipinski definition) is 2. The van der Waals surface area contributed by atoms with Crippen molar-refractivity contribution >= 4 is 27.5 Å². The molecule has 1 aromatic rings. The molecule has 1 aliphatic rings. The molecule has 0 saturated heterocycles. The largest absolute Gasteiger partial charge is 0.330 e. The normalized spacial score (nSPS) is 19.7. The third-order valence-electron chi connectivity index (χ3n) is 2.79. The molecule has 0 radical (unpaired) electrons. The molecule has 1 aromatic carbocycles. The smallest absolute Gasteiger partial charge is 0.225 e. The van der Waals surface area contributed by atoms with E-state index in [0.717, 1.165) is 21.3 Å². The van der Waals surface area contributed by atoms with E-state index in [0.29, 0.717) is 13.0 Å². The summed E-state index contributed by atoms with van der Waals surface area (Å²) in [5.74, 6) is 0.190. The summed E-state index contributed by atoms with van der Waals surface area (Å²) >= 11 is 3.49. The van der Waals surface area contributed by atoms with E-state index in [1.807, 2.05) is 19.1 Å². The van der Waals surface area contributed by atoms with E-state index in [1.54, 1.807) is 0 Å². The van der Waals surface area contributed by atoms with Gasteiger partial charge in [0.25, 0.3) is 0 Å². The standard InChI is InChI=1S/C11H13BrN2O/c1-6-2-3-8-7(5-13)4-9(15)14-11(8)10(6)12/h2-3,7H,4-5,13H2,1H3,(H,14,15). The molecule has 0 bridgehead atoms. The predicted molar refractivity (Wildman–Crippen MR) is 63.9 cm³/mol. The molecule has 1 aliphatic heterocycles. The average molecular weight is 269 g/mol. The number of halogens is 1. The zero-order chi connectivity index (χ0) is 11.0. The van der Waals surface area contributed by atoms with Gasteiger partial charge in [0.15, 0.2) is 0 Å². The Morgan fingerprint density at radius 1 is 1.60 bits per heavy atom. The summed E-state index contributed by atoms with van der Waals surface area (Å²) in [4.78, 5) is 11.5. The Kier molecular flexibility index (Phi) is 2.80. The quantitative estimate of drug-likeness (QED) is 0.820. The van der Waals surface area contributed by atoms with E-state index < -0.39 is 0 Å². The predicted octanol–water partition coefficient (Wildman–Crippen LogP) is 2.14. The number of fused-ring (bicyclic) bond motifs is 1. The van der Waals surface area contributed by atoms with Crippen LogP contribution in [0.15, 0.2) is 16.6 Å². The fraction of sp³-hybridized carbons (Fsp3) is 0.364. The fourth-order valence-corrected chi connectivity index (χ4v) is 2.36. The van der Waals surface area contributed by atoms with Crippen LogP contribution >= 0.6 is 15.9 Å². The minimum atomic E-state index is 0.0456. The van der Waals surface area contributed by atoms with Gasteiger partial charge >= 0.3 is 0 Å². The first-order valence-corrected chi connectivity index (χ1v) is 5.71. The lowest BCUT2D eigenvalue weighted by atomic mass is 9.90. The van der Waals surface area contributed by atoms with Crippen LogP contribution in [0.25, 0.3) is 0 Å². The molecule has 3 nitrogen and oxygen atoms in total. The summed E-state index contributed by atoms with van der Waals surface area (Å²) in [7, 11) is 0. The van der Waals surface area contributed by atoms with Gasteiger partial charge in [-0.05, 0) is 40.5 Å². The molecule has 1 atom stereocenters. The molecule has 3 N–H and O–H groups in total. The van der Waals surface area contributed by atoms with Crippen LogP contribution in [0.2, 0.25) is 0 Å². The lowest BCUT2D eigenvalue weighted by Gasteiger charge is -2.26. The first kappa shape index (κ1) is 10.6. The van der Waals surface area contributed by atoms with Crippen molar-refractivity contribution in [1.82, 2.24) is 0 Å². The van der Waals surface area contributed by atoms with Crippen molar-refractivity contribution in [2.24, 2.45) is 5.73 Å². The van der Waals surface area contributed by atoms with Gasteiger partial charge in [-0.3, -0.25) is 4.79 Å². The zero-order valence-electron chi connectivity index (χ0n) is 8.51. The van der Waals surface area contributed by atoms with Gasteiger partial charge in [-0.25, -0.2) is 0 Å². The van der Waals surface area contributed by atoms with E-state index in [2.05, 4.69) is 21.2 Å². The van der Waals surface area contributed by atoms with Crippen molar-refractivity contribution in [2.45, 2.75) is 19.3 Å². The average Bonchev–Trinajstić information content (AvgIpc) is 2.23. The van der Waals surface area contributed by atoms with Gasteiger partial charge in [-0.2, -0.15) is 0 Å². The van der Waals surface area contributed by atoms with E-state index in [4.69, 9.17) is 5.73 Å². The Morgan fingerprint density at radius 3 is 3.00 bits per heavy atom. The first-order chi connectivity index (χ1) is 7.13. The van der Waals surface area contributed by atoms with Crippen molar-refractivity contribution in [3.63, 3.8) is 0 Å². The Balaban J connectivity index is 2.55. The number of nitrogens with one attached hydrogen (secondary N) is 1. The Hall–Kier alpha value is -0.870. The second kappa shape index (κ2) is 3.94. The summed E-state index contributed by atoms with van der Waals surface area (Å²) in [5.41, 5.74) is 8.81. The summed E-state index contributed by atoms with van der Waals surface area (Å²) < 4.78 is 0.964. The summed E-state index contributed by atoms with van der Waals surface area (Å²) in [6.45, 7) is 2.51. The third kappa shape index (κ3) is 1.79. The number of hydrogen-bond acceptors (Lipinski definition) is 2. The van der Waals surface area contributed by atoms with Crippen molar-refractivity contribution < 1.29 is 4.79 Å². The second-order valence-electron chi connectivity index (χ2n) is 3.85. The highest BCUT2D eigenvalue weighted by atomic mass is 79.9. The molecule has 2 rings (SSSR count). The van der Waals surface area contributed by atoms with Crippen molar-refractivity contribution in [3.8, 4) is 0 Å². The molecular formula is C11H13BrN2O. The van der Waals surface area contributed by atoms with Crippen LogP contribution in [0.3, 0.4) is 0 Å². The maximum absolute atomic E-state index is 11.5. The lowest BCUT2D eigenvalue weighted by molar-refractivity contribution is -0.116. The van der Waals surface area contributed by atoms with Gasteiger partial charge in [0.1, 0.15) is 0 Å². The molecule has 4 heteroatoms. The lowest BCUT2D eigenvalue weighted by Crippen LogP contribution is -2.27. The summed E-state index contributed by atoms with van der Waals surface area (Å²) in [6.07, 6.45) is 0.485. The number of anilines is 1. The van der Waals surface area contributed by atoms with Crippen LogP contribution in [-0.4, -0.2) is 12.5 Å². The van der Waals surface area contributed by atoms with E-state index >= 15 is 0 Å². The molecule has 0 aromatic heterocycles. The van der Waals surface area contributed by atoms with Gasteiger partial charge in [-0.1, -0.05) is 12.1 Å². The van der Waals surface area contributed by atoms with Crippen LogP contribution in [0.4, 0.5) is 5.69 Å². The van der Waals surface area contributed by atoms with Crippen LogP contribution < -0.4 is 11.1 Å². The molecule has 1 amide bonds. The molecule has 1 heterocycles. The van der Waals surface area contributed by atoms with Crippen LogP contribution in [0.1, 0.15) is 23.5 Å². The second-order valence-corrected chi connectivity index (χ2v) is 4.64. The Morgan fingerprint density at radius 2 is 2.33 bits per heavy atom. The monoisotopic (exact) mass is 268 g/mol. The first-order valence-electron chi connectivity index (χ1n) is 4.92. The maximum atomic E-state index is 11.5. The fourth-order valence-electron chi connectivity index (χ4n) is 1.90. The van der Waals surface area contributed by atoms with Gasteiger partial charge in [0.05, 0.1) is 5.69 Å². The molecule has 0 aliphatic carbocycles. The molecule has 15 heavy (non-hydrogen) atoms. The zero-order valence-corrected chi connectivity index (χ0v) is 10.1. The highest BCUT2D eigenvalue weighted by molar-refractivity contribution is 9.10. The summed E-state index contributed by atoms with van der Waals surface area (Å²) in [6, 6.07) is 4.09. The molecule has 0 spiro atoms. The van der Waals surface area contributed by atoms with Crippen molar-refractivity contribution in [2.75, 3.05) is 11.9 Å². The van der Waals surface area contributed by atoms with Crippen LogP contribution in [-0.2, 0) is 4.79 Å². The van der Waals surface area contributed by atoms with Gasteiger partial charge < -0.3 is 11.1 Å². The third-order valence-corrected chi connectivity index (χ3v) is 3.81. The SMILES string of the molecule is Cc1ccc2c(c1Br)NC(=O)CC2CN.